The fraction of sp³-hybridized carbons (Fsp3) is 0.632. The number of aryl methyl sites for hydroxylation is 2. The third kappa shape index (κ3) is 5.05. The Morgan fingerprint density at radius 2 is 1.81 bits per heavy atom. The fourth-order valence-corrected chi connectivity index (χ4v) is 4.79. The molecule has 2 N–H and O–H groups in total. The van der Waals surface area contributed by atoms with Crippen molar-refractivity contribution in [3.8, 4) is 0 Å². The number of sulfonamides is 1. The van der Waals surface area contributed by atoms with E-state index in [2.05, 4.69) is 19.2 Å². The summed E-state index contributed by atoms with van der Waals surface area (Å²) in [6.07, 6.45) is 0. The molecule has 1 amide bonds. The van der Waals surface area contributed by atoms with Crippen LogP contribution in [0.2, 0.25) is 0 Å². The number of hydrogen-bond donors (Lipinski definition) is 2. The molecule has 0 radical (unpaired) electrons. The average Bonchev–Trinajstić information content (AvgIpc) is 2.54. The minimum Gasteiger partial charge on any atom is -0.348 e. The summed E-state index contributed by atoms with van der Waals surface area (Å²) in [5.74, 6) is 0.431. The summed E-state index contributed by atoms with van der Waals surface area (Å²) in [5, 5.41) is 3.02. The van der Waals surface area contributed by atoms with Crippen molar-refractivity contribution in [2.75, 3.05) is 32.7 Å². The molecule has 2 rings (SSSR count). The second-order valence-corrected chi connectivity index (χ2v) is 9.61. The molecule has 1 atom stereocenters. The first-order chi connectivity index (χ1) is 12.1. The van der Waals surface area contributed by atoms with E-state index < -0.39 is 10.0 Å². The molecular weight excluding hydrogens is 350 g/mol. The van der Waals surface area contributed by atoms with E-state index in [1.807, 2.05) is 32.9 Å². The number of nitrogens with one attached hydrogen (secondary N) is 2. The first kappa shape index (κ1) is 20.9. The van der Waals surface area contributed by atoms with Gasteiger partial charge < -0.3 is 10.2 Å². The SMILES string of the molecule is Cc1ccc(S(=O)(=O)N2CC[NH+](CC(=O)N[C@H](C)C(C)C)CC2)c(C)c1. The summed E-state index contributed by atoms with van der Waals surface area (Å²) in [4.78, 5) is 13.7. The largest absolute Gasteiger partial charge is 0.348 e. The molecule has 26 heavy (non-hydrogen) atoms. The van der Waals surface area contributed by atoms with Gasteiger partial charge in [-0.05, 0) is 38.3 Å². The maximum Gasteiger partial charge on any atom is 0.275 e. The van der Waals surface area contributed by atoms with Crippen molar-refractivity contribution in [3.05, 3.63) is 29.3 Å². The quantitative estimate of drug-likeness (QED) is 0.746. The zero-order chi connectivity index (χ0) is 19.5. The van der Waals surface area contributed by atoms with E-state index in [-0.39, 0.29) is 11.9 Å². The summed E-state index contributed by atoms with van der Waals surface area (Å²) >= 11 is 0. The molecule has 7 heteroatoms. The van der Waals surface area contributed by atoms with Crippen LogP contribution in [-0.4, -0.2) is 57.4 Å². The van der Waals surface area contributed by atoms with Gasteiger partial charge in [0, 0.05) is 6.04 Å². The van der Waals surface area contributed by atoms with Crippen LogP contribution in [0.4, 0.5) is 0 Å². The monoisotopic (exact) mass is 382 g/mol. The lowest BCUT2D eigenvalue weighted by Crippen LogP contribution is -3.15. The summed E-state index contributed by atoms with van der Waals surface area (Å²) in [6, 6.07) is 5.57. The summed E-state index contributed by atoms with van der Waals surface area (Å²) in [6.45, 7) is 12.5. The van der Waals surface area contributed by atoms with E-state index >= 15 is 0 Å². The van der Waals surface area contributed by atoms with Gasteiger partial charge in [-0.1, -0.05) is 31.5 Å². The third-order valence-corrected chi connectivity index (χ3v) is 7.24. The third-order valence-electron chi connectivity index (χ3n) is 5.18. The molecule has 1 heterocycles. The molecule has 1 saturated heterocycles. The number of benzene rings is 1. The van der Waals surface area contributed by atoms with Gasteiger partial charge in [-0.15, -0.1) is 0 Å². The minimum atomic E-state index is -3.47. The van der Waals surface area contributed by atoms with Gasteiger partial charge in [0.05, 0.1) is 31.1 Å². The van der Waals surface area contributed by atoms with Crippen molar-refractivity contribution in [2.24, 2.45) is 5.92 Å². The topological polar surface area (TPSA) is 70.9 Å². The van der Waals surface area contributed by atoms with Gasteiger partial charge in [0.25, 0.3) is 5.91 Å². The Labute approximate surface area is 157 Å². The predicted octanol–water partition coefficient (Wildman–Crippen LogP) is 0.353. The minimum absolute atomic E-state index is 0.0342. The maximum atomic E-state index is 12.9. The fourth-order valence-electron chi connectivity index (χ4n) is 3.15. The zero-order valence-electron chi connectivity index (χ0n) is 16.5. The van der Waals surface area contributed by atoms with Gasteiger partial charge in [-0.2, -0.15) is 4.31 Å². The molecule has 1 aliphatic heterocycles. The number of nitrogens with zero attached hydrogens (tertiary/aromatic N) is 1. The van der Waals surface area contributed by atoms with Crippen molar-refractivity contribution in [1.29, 1.82) is 0 Å². The van der Waals surface area contributed by atoms with E-state index in [1.165, 1.54) is 0 Å². The smallest absolute Gasteiger partial charge is 0.275 e. The van der Waals surface area contributed by atoms with Crippen LogP contribution in [0.1, 0.15) is 31.9 Å². The number of piperazine rings is 1. The number of carbonyl (C=O) groups excluding carboxylic acids is 1. The standard InChI is InChI=1S/C19H31N3O3S/c1-14(2)17(5)20-19(23)13-21-8-10-22(11-9-21)26(24,25)18-7-6-15(3)12-16(18)4/h6-7,12,14,17H,8-11,13H2,1-5H3,(H,20,23)/p+1/t17-/m1/s1. The number of rotatable bonds is 6. The summed E-state index contributed by atoms with van der Waals surface area (Å²) < 4.78 is 27.4. The molecule has 1 aromatic carbocycles. The highest BCUT2D eigenvalue weighted by Crippen LogP contribution is 2.20. The Hall–Kier alpha value is -1.44. The molecular formula is C19H32N3O3S+. The van der Waals surface area contributed by atoms with Crippen molar-refractivity contribution in [3.63, 3.8) is 0 Å². The molecule has 0 aromatic heterocycles. The van der Waals surface area contributed by atoms with Crippen LogP contribution in [0.3, 0.4) is 0 Å². The van der Waals surface area contributed by atoms with Crippen molar-refractivity contribution in [2.45, 2.75) is 45.6 Å². The number of hydrogen-bond acceptors (Lipinski definition) is 3. The van der Waals surface area contributed by atoms with E-state index in [9.17, 15) is 13.2 Å². The Balaban J connectivity index is 1.94. The van der Waals surface area contributed by atoms with Gasteiger partial charge in [-0.3, -0.25) is 4.79 Å². The highest BCUT2D eigenvalue weighted by Gasteiger charge is 2.32. The van der Waals surface area contributed by atoms with E-state index in [1.54, 1.807) is 10.4 Å². The second-order valence-electron chi connectivity index (χ2n) is 7.70. The Bertz CT molecular complexity index is 738. The van der Waals surface area contributed by atoms with Crippen molar-refractivity contribution < 1.29 is 18.1 Å². The molecule has 1 aliphatic rings. The maximum absolute atomic E-state index is 12.9. The Kier molecular flexibility index (Phi) is 6.82. The second kappa shape index (κ2) is 8.50. The number of quaternary nitrogens is 1. The molecule has 6 nitrogen and oxygen atoms in total. The molecule has 1 aromatic rings. The van der Waals surface area contributed by atoms with Gasteiger partial charge in [0.15, 0.2) is 6.54 Å². The van der Waals surface area contributed by atoms with Crippen LogP contribution in [0, 0.1) is 19.8 Å². The Morgan fingerprint density at radius 1 is 1.19 bits per heavy atom. The van der Waals surface area contributed by atoms with Crippen LogP contribution < -0.4 is 10.2 Å². The molecule has 146 valence electrons. The molecule has 0 spiro atoms. The van der Waals surface area contributed by atoms with E-state index in [4.69, 9.17) is 0 Å². The first-order valence-corrected chi connectivity index (χ1v) is 10.8. The summed E-state index contributed by atoms with van der Waals surface area (Å²) in [5.41, 5.74) is 1.83. The first-order valence-electron chi connectivity index (χ1n) is 9.31. The number of carbonyl (C=O) groups is 1. The van der Waals surface area contributed by atoms with Crippen LogP contribution in [0.5, 0.6) is 0 Å². The van der Waals surface area contributed by atoms with Crippen LogP contribution in [0.15, 0.2) is 23.1 Å². The van der Waals surface area contributed by atoms with E-state index in [0.717, 1.165) is 16.0 Å². The van der Waals surface area contributed by atoms with Crippen LogP contribution >= 0.6 is 0 Å². The number of amides is 1. The Morgan fingerprint density at radius 3 is 2.35 bits per heavy atom. The lowest BCUT2D eigenvalue weighted by Gasteiger charge is -2.31. The molecule has 1 fully saturated rings. The van der Waals surface area contributed by atoms with Crippen LogP contribution in [0.25, 0.3) is 0 Å². The normalized spacial score (nSPS) is 18.1. The van der Waals surface area contributed by atoms with Crippen molar-refractivity contribution in [1.82, 2.24) is 9.62 Å². The molecule has 0 bridgehead atoms. The lowest BCUT2D eigenvalue weighted by atomic mass is 10.1. The molecule has 0 unspecified atom stereocenters. The van der Waals surface area contributed by atoms with E-state index in [0.29, 0.717) is 43.5 Å². The van der Waals surface area contributed by atoms with Gasteiger partial charge in [0.2, 0.25) is 10.0 Å². The van der Waals surface area contributed by atoms with Gasteiger partial charge in [0.1, 0.15) is 0 Å². The zero-order valence-corrected chi connectivity index (χ0v) is 17.3. The van der Waals surface area contributed by atoms with Gasteiger partial charge in [-0.25, -0.2) is 8.42 Å². The predicted molar refractivity (Wildman–Crippen MR) is 103 cm³/mol. The van der Waals surface area contributed by atoms with Crippen LogP contribution in [-0.2, 0) is 14.8 Å². The highest BCUT2D eigenvalue weighted by atomic mass is 32.2. The molecule has 0 aliphatic carbocycles. The summed E-state index contributed by atoms with van der Waals surface area (Å²) in [7, 11) is -3.47. The van der Waals surface area contributed by atoms with Crippen molar-refractivity contribution >= 4 is 15.9 Å². The highest BCUT2D eigenvalue weighted by molar-refractivity contribution is 7.89. The molecule has 0 saturated carbocycles. The van der Waals surface area contributed by atoms with Gasteiger partial charge >= 0.3 is 0 Å². The average molecular weight is 383 g/mol. The lowest BCUT2D eigenvalue weighted by molar-refractivity contribution is -0.895.